The summed E-state index contributed by atoms with van der Waals surface area (Å²) in [4.78, 5) is 0. The predicted octanol–water partition coefficient (Wildman–Crippen LogP) is 3.48. The lowest BCUT2D eigenvalue weighted by Crippen LogP contribution is -2.21. The molecule has 0 aromatic heterocycles. The molecule has 1 rings (SSSR count). The third-order valence-corrected chi connectivity index (χ3v) is 2.71. The number of hydrogen-bond acceptors (Lipinski definition) is 2. The Bertz CT molecular complexity index is 307. The number of rotatable bonds is 6. The summed E-state index contributed by atoms with van der Waals surface area (Å²) < 4.78 is 6.46. The lowest BCUT2D eigenvalue weighted by Gasteiger charge is -2.08. The fourth-order valence-electron chi connectivity index (χ4n) is 1.13. The van der Waals surface area contributed by atoms with E-state index in [4.69, 9.17) is 16.3 Å². The molecule has 0 amide bonds. The fourth-order valence-corrected chi connectivity index (χ4v) is 1.92. The molecule has 0 unspecified atom stereocenters. The molecule has 0 saturated heterocycles. The second kappa shape index (κ2) is 7.09. The third kappa shape index (κ3) is 4.87. The highest BCUT2D eigenvalue weighted by Gasteiger charge is 2.00. The Kier molecular flexibility index (Phi) is 6.06. The van der Waals surface area contributed by atoms with E-state index >= 15 is 0 Å². The SMILES string of the molecule is CCCNCCOc1ccc(Cl)cc1Br. The van der Waals surface area contributed by atoms with Crippen LogP contribution in [0.3, 0.4) is 0 Å². The molecule has 0 bridgehead atoms. The number of benzene rings is 1. The molecule has 4 heteroatoms. The highest BCUT2D eigenvalue weighted by Crippen LogP contribution is 2.27. The monoisotopic (exact) mass is 291 g/mol. The van der Waals surface area contributed by atoms with Crippen LogP contribution < -0.4 is 10.1 Å². The van der Waals surface area contributed by atoms with E-state index in [0.717, 1.165) is 29.7 Å². The van der Waals surface area contributed by atoms with Crippen LogP contribution in [0.25, 0.3) is 0 Å². The largest absolute Gasteiger partial charge is 0.491 e. The minimum Gasteiger partial charge on any atom is -0.491 e. The van der Waals surface area contributed by atoms with Gasteiger partial charge in [0.1, 0.15) is 12.4 Å². The average molecular weight is 293 g/mol. The van der Waals surface area contributed by atoms with Gasteiger partial charge in [0.05, 0.1) is 4.47 Å². The van der Waals surface area contributed by atoms with Crippen LogP contribution in [0.15, 0.2) is 22.7 Å². The number of halogens is 2. The minimum absolute atomic E-state index is 0.667. The third-order valence-electron chi connectivity index (χ3n) is 1.86. The lowest BCUT2D eigenvalue weighted by atomic mass is 10.3. The van der Waals surface area contributed by atoms with Crippen molar-refractivity contribution in [1.29, 1.82) is 0 Å². The molecule has 15 heavy (non-hydrogen) atoms. The van der Waals surface area contributed by atoms with Gasteiger partial charge in [-0.15, -0.1) is 0 Å². The van der Waals surface area contributed by atoms with E-state index in [1.807, 2.05) is 18.2 Å². The molecule has 0 aliphatic rings. The average Bonchev–Trinajstić information content (AvgIpc) is 2.20. The molecule has 0 fully saturated rings. The predicted molar refractivity (Wildman–Crippen MR) is 67.8 cm³/mol. The summed E-state index contributed by atoms with van der Waals surface area (Å²) in [6.45, 7) is 4.71. The topological polar surface area (TPSA) is 21.3 Å². The molecule has 0 spiro atoms. The maximum atomic E-state index is 5.82. The van der Waals surface area contributed by atoms with E-state index in [1.165, 1.54) is 0 Å². The van der Waals surface area contributed by atoms with Crippen molar-refractivity contribution in [2.24, 2.45) is 0 Å². The summed E-state index contributed by atoms with van der Waals surface area (Å²) in [6, 6.07) is 5.52. The minimum atomic E-state index is 0.667. The number of hydrogen-bond donors (Lipinski definition) is 1. The van der Waals surface area contributed by atoms with Gasteiger partial charge in [-0.05, 0) is 47.1 Å². The van der Waals surface area contributed by atoms with Crippen molar-refractivity contribution in [3.05, 3.63) is 27.7 Å². The van der Waals surface area contributed by atoms with Gasteiger partial charge in [0.2, 0.25) is 0 Å². The van der Waals surface area contributed by atoms with Crippen molar-refractivity contribution in [3.63, 3.8) is 0 Å². The Morgan fingerprint density at radius 1 is 1.40 bits per heavy atom. The Labute approximate surface area is 104 Å². The summed E-state index contributed by atoms with van der Waals surface area (Å²) in [5.41, 5.74) is 0. The zero-order valence-electron chi connectivity index (χ0n) is 8.72. The Morgan fingerprint density at radius 2 is 2.20 bits per heavy atom. The zero-order chi connectivity index (χ0) is 11.1. The normalized spacial score (nSPS) is 10.3. The Balaban J connectivity index is 2.31. The van der Waals surface area contributed by atoms with E-state index in [2.05, 4.69) is 28.2 Å². The molecular formula is C11H15BrClNO. The van der Waals surface area contributed by atoms with Crippen LogP contribution in [0.4, 0.5) is 0 Å². The van der Waals surface area contributed by atoms with Gasteiger partial charge in [-0.1, -0.05) is 18.5 Å². The molecule has 2 nitrogen and oxygen atoms in total. The summed E-state index contributed by atoms with van der Waals surface area (Å²) in [6.07, 6.45) is 1.14. The standard InChI is InChI=1S/C11H15BrClNO/c1-2-5-14-6-7-15-11-4-3-9(13)8-10(11)12/h3-4,8,14H,2,5-7H2,1H3. The lowest BCUT2D eigenvalue weighted by molar-refractivity contribution is 0.312. The van der Waals surface area contributed by atoms with E-state index < -0.39 is 0 Å². The van der Waals surface area contributed by atoms with Crippen molar-refractivity contribution < 1.29 is 4.74 Å². The second-order valence-corrected chi connectivity index (χ2v) is 4.46. The maximum Gasteiger partial charge on any atom is 0.133 e. The van der Waals surface area contributed by atoms with Gasteiger partial charge in [0.25, 0.3) is 0 Å². The molecule has 0 atom stereocenters. The first kappa shape index (κ1) is 12.8. The summed E-state index contributed by atoms with van der Waals surface area (Å²) >= 11 is 9.22. The maximum absolute atomic E-state index is 5.82. The van der Waals surface area contributed by atoms with Crippen LogP contribution in [0.1, 0.15) is 13.3 Å². The molecule has 0 saturated carbocycles. The van der Waals surface area contributed by atoms with Gasteiger partial charge in [-0.25, -0.2) is 0 Å². The van der Waals surface area contributed by atoms with E-state index in [0.29, 0.717) is 11.6 Å². The quantitative estimate of drug-likeness (QED) is 0.811. The van der Waals surface area contributed by atoms with Gasteiger partial charge in [-0.2, -0.15) is 0 Å². The first-order valence-electron chi connectivity index (χ1n) is 5.02. The molecule has 1 N–H and O–H groups in total. The van der Waals surface area contributed by atoms with Gasteiger partial charge >= 0.3 is 0 Å². The first-order valence-corrected chi connectivity index (χ1v) is 6.19. The zero-order valence-corrected chi connectivity index (χ0v) is 11.1. The molecule has 0 aliphatic heterocycles. The van der Waals surface area contributed by atoms with Crippen molar-refractivity contribution in [1.82, 2.24) is 5.32 Å². The van der Waals surface area contributed by atoms with Crippen LogP contribution in [0, 0.1) is 0 Å². The van der Waals surface area contributed by atoms with Crippen molar-refractivity contribution >= 4 is 27.5 Å². The van der Waals surface area contributed by atoms with E-state index in [9.17, 15) is 0 Å². The summed E-state index contributed by atoms with van der Waals surface area (Å²) in [5.74, 6) is 0.831. The second-order valence-electron chi connectivity index (χ2n) is 3.17. The molecular weight excluding hydrogens is 277 g/mol. The van der Waals surface area contributed by atoms with Crippen LogP contribution in [0.5, 0.6) is 5.75 Å². The number of ether oxygens (including phenoxy) is 1. The first-order chi connectivity index (χ1) is 7.24. The van der Waals surface area contributed by atoms with Crippen molar-refractivity contribution in [3.8, 4) is 5.75 Å². The molecule has 84 valence electrons. The van der Waals surface area contributed by atoms with Crippen LogP contribution in [-0.2, 0) is 0 Å². The molecule has 1 aromatic carbocycles. The van der Waals surface area contributed by atoms with Gasteiger partial charge in [-0.3, -0.25) is 0 Å². The Hall–Kier alpha value is -0.250. The van der Waals surface area contributed by atoms with Gasteiger partial charge in [0.15, 0.2) is 0 Å². The van der Waals surface area contributed by atoms with Gasteiger partial charge < -0.3 is 10.1 Å². The number of nitrogens with one attached hydrogen (secondary N) is 1. The molecule has 0 aliphatic carbocycles. The Morgan fingerprint density at radius 3 is 2.87 bits per heavy atom. The van der Waals surface area contributed by atoms with Crippen LogP contribution in [-0.4, -0.2) is 19.7 Å². The van der Waals surface area contributed by atoms with Crippen LogP contribution in [0.2, 0.25) is 5.02 Å². The van der Waals surface area contributed by atoms with Crippen molar-refractivity contribution in [2.75, 3.05) is 19.7 Å². The van der Waals surface area contributed by atoms with E-state index in [-0.39, 0.29) is 0 Å². The van der Waals surface area contributed by atoms with Gasteiger partial charge in [0, 0.05) is 11.6 Å². The smallest absolute Gasteiger partial charge is 0.133 e. The molecule has 0 radical (unpaired) electrons. The van der Waals surface area contributed by atoms with Crippen LogP contribution >= 0.6 is 27.5 Å². The fraction of sp³-hybridized carbons (Fsp3) is 0.455. The molecule has 0 heterocycles. The highest BCUT2D eigenvalue weighted by atomic mass is 79.9. The highest BCUT2D eigenvalue weighted by molar-refractivity contribution is 9.10. The summed E-state index contributed by atoms with van der Waals surface area (Å²) in [5, 5.41) is 3.98. The van der Waals surface area contributed by atoms with E-state index in [1.54, 1.807) is 0 Å². The van der Waals surface area contributed by atoms with Crippen molar-refractivity contribution in [2.45, 2.75) is 13.3 Å². The molecule has 1 aromatic rings. The summed E-state index contributed by atoms with van der Waals surface area (Å²) in [7, 11) is 0.